The van der Waals surface area contributed by atoms with Crippen molar-refractivity contribution in [3.63, 3.8) is 0 Å². The van der Waals surface area contributed by atoms with Gasteiger partial charge in [-0.15, -0.1) is 0 Å². The Morgan fingerprint density at radius 2 is 1.64 bits per heavy atom. The SMILES string of the molecule is COc1cc(OC)cc(C(=O)NCCC(=O)N2C[C@H](C)C[C@H](C)C2)c1. The van der Waals surface area contributed by atoms with Gasteiger partial charge in [0.25, 0.3) is 5.91 Å². The molecule has 0 spiro atoms. The minimum atomic E-state index is -0.245. The zero-order valence-corrected chi connectivity index (χ0v) is 15.5. The zero-order chi connectivity index (χ0) is 18.4. The number of amides is 2. The Kier molecular flexibility index (Phi) is 6.67. The summed E-state index contributed by atoms with van der Waals surface area (Å²) >= 11 is 0. The Bertz CT molecular complexity index is 585. The van der Waals surface area contributed by atoms with Crippen LogP contribution < -0.4 is 14.8 Å². The third kappa shape index (κ3) is 5.37. The van der Waals surface area contributed by atoms with E-state index >= 15 is 0 Å². The van der Waals surface area contributed by atoms with Crippen LogP contribution in [-0.2, 0) is 4.79 Å². The van der Waals surface area contributed by atoms with E-state index < -0.39 is 0 Å². The van der Waals surface area contributed by atoms with Crippen molar-refractivity contribution in [3.05, 3.63) is 23.8 Å². The van der Waals surface area contributed by atoms with Crippen molar-refractivity contribution in [1.29, 1.82) is 0 Å². The van der Waals surface area contributed by atoms with Crippen LogP contribution in [0.5, 0.6) is 11.5 Å². The molecule has 138 valence electrons. The number of hydrogen-bond donors (Lipinski definition) is 1. The molecular weight excluding hydrogens is 320 g/mol. The third-order valence-electron chi connectivity index (χ3n) is 4.46. The lowest BCUT2D eigenvalue weighted by Gasteiger charge is -2.35. The molecule has 1 saturated heterocycles. The normalized spacial score (nSPS) is 20.1. The number of hydrogen-bond acceptors (Lipinski definition) is 4. The fourth-order valence-electron chi connectivity index (χ4n) is 3.35. The molecule has 0 aliphatic carbocycles. The molecule has 0 aromatic heterocycles. The quantitative estimate of drug-likeness (QED) is 0.857. The topological polar surface area (TPSA) is 67.9 Å². The summed E-state index contributed by atoms with van der Waals surface area (Å²) in [6.07, 6.45) is 1.48. The maximum atomic E-state index is 12.3. The van der Waals surface area contributed by atoms with E-state index in [1.807, 2.05) is 4.90 Å². The number of ether oxygens (including phenoxy) is 2. The van der Waals surface area contributed by atoms with Gasteiger partial charge in [-0.2, -0.15) is 0 Å². The molecule has 1 aliphatic rings. The first kappa shape index (κ1) is 19.1. The van der Waals surface area contributed by atoms with Crippen LogP contribution in [0, 0.1) is 11.8 Å². The van der Waals surface area contributed by atoms with Crippen molar-refractivity contribution in [1.82, 2.24) is 10.2 Å². The number of carbonyl (C=O) groups is 2. The van der Waals surface area contributed by atoms with Crippen LogP contribution in [0.4, 0.5) is 0 Å². The Balaban J connectivity index is 1.87. The van der Waals surface area contributed by atoms with Crippen molar-refractivity contribution < 1.29 is 19.1 Å². The lowest BCUT2D eigenvalue weighted by molar-refractivity contribution is -0.133. The molecule has 2 atom stereocenters. The monoisotopic (exact) mass is 348 g/mol. The van der Waals surface area contributed by atoms with Crippen LogP contribution >= 0.6 is 0 Å². The van der Waals surface area contributed by atoms with Crippen LogP contribution in [0.2, 0.25) is 0 Å². The zero-order valence-electron chi connectivity index (χ0n) is 15.5. The molecule has 25 heavy (non-hydrogen) atoms. The predicted octanol–water partition coefficient (Wildman–Crippen LogP) is 2.33. The van der Waals surface area contributed by atoms with Gasteiger partial charge in [0.2, 0.25) is 5.91 Å². The van der Waals surface area contributed by atoms with E-state index in [-0.39, 0.29) is 11.8 Å². The van der Waals surface area contributed by atoms with Crippen molar-refractivity contribution in [2.45, 2.75) is 26.7 Å². The molecule has 0 saturated carbocycles. The minimum absolute atomic E-state index is 0.0990. The van der Waals surface area contributed by atoms with Gasteiger partial charge >= 0.3 is 0 Å². The van der Waals surface area contributed by atoms with Crippen molar-refractivity contribution >= 4 is 11.8 Å². The lowest BCUT2D eigenvalue weighted by Crippen LogP contribution is -2.43. The van der Waals surface area contributed by atoms with Crippen molar-refractivity contribution in [2.75, 3.05) is 33.9 Å². The molecule has 0 radical (unpaired) electrons. The molecular formula is C19H28N2O4. The predicted molar refractivity (Wildman–Crippen MR) is 96.0 cm³/mol. The number of nitrogens with zero attached hydrogens (tertiary/aromatic N) is 1. The average Bonchev–Trinajstić information content (AvgIpc) is 2.60. The molecule has 0 unspecified atom stereocenters. The highest BCUT2D eigenvalue weighted by atomic mass is 16.5. The van der Waals surface area contributed by atoms with Crippen LogP contribution in [0.15, 0.2) is 18.2 Å². The van der Waals surface area contributed by atoms with E-state index in [0.29, 0.717) is 41.9 Å². The van der Waals surface area contributed by atoms with Gasteiger partial charge in [-0.05, 0) is 30.4 Å². The van der Waals surface area contributed by atoms with Crippen molar-refractivity contribution in [2.24, 2.45) is 11.8 Å². The van der Waals surface area contributed by atoms with Gasteiger partial charge in [0.1, 0.15) is 11.5 Å². The molecule has 2 rings (SSSR count). The van der Waals surface area contributed by atoms with E-state index in [4.69, 9.17) is 9.47 Å². The summed E-state index contributed by atoms with van der Waals surface area (Å²) in [5.41, 5.74) is 0.448. The summed E-state index contributed by atoms with van der Waals surface area (Å²) in [5, 5.41) is 2.80. The molecule has 0 bridgehead atoms. The van der Waals surface area contributed by atoms with E-state index in [9.17, 15) is 9.59 Å². The van der Waals surface area contributed by atoms with Crippen LogP contribution in [0.25, 0.3) is 0 Å². The minimum Gasteiger partial charge on any atom is -0.497 e. The number of carbonyl (C=O) groups excluding carboxylic acids is 2. The highest BCUT2D eigenvalue weighted by molar-refractivity contribution is 5.95. The second-order valence-electron chi connectivity index (χ2n) is 6.85. The number of likely N-dealkylation sites (tertiary alicyclic amines) is 1. The lowest BCUT2D eigenvalue weighted by atomic mass is 9.92. The van der Waals surface area contributed by atoms with E-state index in [1.54, 1.807) is 18.2 Å². The second-order valence-corrected chi connectivity index (χ2v) is 6.85. The average molecular weight is 348 g/mol. The molecule has 1 fully saturated rings. The van der Waals surface area contributed by atoms with Gasteiger partial charge < -0.3 is 19.7 Å². The summed E-state index contributed by atoms with van der Waals surface area (Å²) in [7, 11) is 3.07. The van der Waals surface area contributed by atoms with Crippen molar-refractivity contribution in [3.8, 4) is 11.5 Å². The van der Waals surface area contributed by atoms with Gasteiger partial charge in [-0.1, -0.05) is 13.8 Å². The first-order valence-corrected chi connectivity index (χ1v) is 8.72. The second kappa shape index (κ2) is 8.74. The Morgan fingerprint density at radius 3 is 2.16 bits per heavy atom. The van der Waals surface area contributed by atoms with Crippen LogP contribution in [-0.4, -0.2) is 50.6 Å². The maximum Gasteiger partial charge on any atom is 0.251 e. The standard InChI is InChI=1S/C19H28N2O4/c1-13-7-14(2)12-21(11-13)18(22)5-6-20-19(23)15-8-16(24-3)10-17(9-15)25-4/h8-10,13-14H,5-7,11-12H2,1-4H3,(H,20,23)/t13-,14+. The Morgan fingerprint density at radius 1 is 1.08 bits per heavy atom. The Labute approximate surface area is 149 Å². The number of methoxy groups -OCH3 is 2. The maximum absolute atomic E-state index is 12.3. The third-order valence-corrected chi connectivity index (χ3v) is 4.46. The summed E-state index contributed by atoms with van der Waals surface area (Å²) in [6.45, 7) is 6.28. The van der Waals surface area contributed by atoms with Gasteiger partial charge in [0.15, 0.2) is 0 Å². The molecule has 1 N–H and O–H groups in total. The molecule has 1 heterocycles. The summed E-state index contributed by atoms with van der Waals surface area (Å²) in [5.74, 6) is 2.03. The van der Waals surface area contributed by atoms with Gasteiger partial charge in [0.05, 0.1) is 14.2 Å². The molecule has 1 aliphatic heterocycles. The smallest absolute Gasteiger partial charge is 0.251 e. The first-order chi connectivity index (χ1) is 11.9. The number of piperidine rings is 1. The van der Waals surface area contributed by atoms with Gasteiger partial charge in [-0.3, -0.25) is 9.59 Å². The van der Waals surface area contributed by atoms with E-state index in [1.165, 1.54) is 14.2 Å². The summed E-state index contributed by atoms with van der Waals surface area (Å²) < 4.78 is 10.3. The molecule has 1 aromatic rings. The highest BCUT2D eigenvalue weighted by Gasteiger charge is 2.25. The van der Waals surface area contributed by atoms with E-state index in [0.717, 1.165) is 19.5 Å². The summed E-state index contributed by atoms with van der Waals surface area (Å²) in [4.78, 5) is 26.6. The highest BCUT2D eigenvalue weighted by Crippen LogP contribution is 2.23. The molecule has 2 amide bonds. The Hall–Kier alpha value is -2.24. The number of benzene rings is 1. The first-order valence-electron chi connectivity index (χ1n) is 8.72. The largest absolute Gasteiger partial charge is 0.497 e. The molecule has 1 aromatic carbocycles. The fraction of sp³-hybridized carbons (Fsp3) is 0.579. The number of nitrogens with one attached hydrogen (secondary N) is 1. The van der Waals surface area contributed by atoms with Gasteiger partial charge in [0, 0.05) is 37.7 Å². The molecule has 6 heteroatoms. The van der Waals surface area contributed by atoms with Gasteiger partial charge in [-0.25, -0.2) is 0 Å². The molecule has 6 nitrogen and oxygen atoms in total. The van der Waals surface area contributed by atoms with E-state index in [2.05, 4.69) is 19.2 Å². The fourth-order valence-corrected chi connectivity index (χ4v) is 3.35. The number of rotatable bonds is 6. The van der Waals surface area contributed by atoms with Crippen LogP contribution in [0.1, 0.15) is 37.0 Å². The summed E-state index contributed by atoms with van der Waals surface area (Å²) in [6, 6.07) is 5.00. The van der Waals surface area contributed by atoms with Crippen LogP contribution in [0.3, 0.4) is 0 Å².